The fourth-order valence-electron chi connectivity index (χ4n) is 2.21. The number of carboxylic acid groups (broad SMARTS) is 1. The maximum Gasteiger partial charge on any atom is 0.339 e. The van der Waals surface area contributed by atoms with Gasteiger partial charge in [-0.2, -0.15) is 5.10 Å². The molecule has 0 bridgehead atoms. The molecule has 0 saturated heterocycles. The van der Waals surface area contributed by atoms with Crippen molar-refractivity contribution in [3.8, 4) is 0 Å². The van der Waals surface area contributed by atoms with Crippen molar-refractivity contribution < 1.29 is 9.90 Å². The molecule has 1 N–H and O–H groups in total. The molecular weight excluding hydrogens is 204 g/mol. The van der Waals surface area contributed by atoms with E-state index in [9.17, 15) is 4.79 Å². The molecule has 1 aliphatic rings. The van der Waals surface area contributed by atoms with Crippen molar-refractivity contribution in [2.24, 2.45) is 5.92 Å². The number of rotatable bonds is 4. The van der Waals surface area contributed by atoms with E-state index in [0.717, 1.165) is 5.69 Å². The Hall–Kier alpha value is -1.32. The molecule has 0 aliphatic heterocycles. The van der Waals surface area contributed by atoms with Gasteiger partial charge in [-0.15, -0.1) is 0 Å². The smallest absolute Gasteiger partial charge is 0.339 e. The molecule has 1 aliphatic carbocycles. The highest BCUT2D eigenvalue weighted by Crippen LogP contribution is 2.40. The Bertz CT molecular complexity index is 405. The quantitative estimate of drug-likeness (QED) is 0.852. The predicted octanol–water partition coefficient (Wildman–Crippen LogP) is 2.68. The second kappa shape index (κ2) is 3.92. The molecule has 88 valence electrons. The van der Waals surface area contributed by atoms with Crippen LogP contribution in [0.2, 0.25) is 0 Å². The minimum absolute atomic E-state index is 0.190. The van der Waals surface area contributed by atoms with Gasteiger partial charge in [0.2, 0.25) is 0 Å². The zero-order valence-electron chi connectivity index (χ0n) is 9.97. The molecule has 1 saturated carbocycles. The van der Waals surface area contributed by atoms with E-state index in [1.54, 1.807) is 0 Å². The Balaban J connectivity index is 2.40. The zero-order chi connectivity index (χ0) is 11.9. The Kier molecular flexibility index (Phi) is 2.74. The summed E-state index contributed by atoms with van der Waals surface area (Å²) in [5.74, 6) is -0.00760. The van der Waals surface area contributed by atoms with Crippen LogP contribution in [-0.4, -0.2) is 20.9 Å². The fraction of sp³-hybridized carbons (Fsp3) is 0.667. The number of carboxylic acids is 1. The molecule has 1 aromatic rings. The standard InChI is InChI=1S/C12H18N2O2/c1-7(2)11-10(12(15)16)6-13-14(11)8(3)9-4-5-9/h6-9H,4-5H2,1-3H3,(H,15,16). The molecule has 0 amide bonds. The average molecular weight is 222 g/mol. The second-order valence-corrected chi connectivity index (χ2v) is 4.93. The van der Waals surface area contributed by atoms with Crippen LogP contribution < -0.4 is 0 Å². The third kappa shape index (κ3) is 1.84. The fourth-order valence-corrected chi connectivity index (χ4v) is 2.21. The normalized spacial score (nSPS) is 17.8. The molecule has 1 atom stereocenters. The van der Waals surface area contributed by atoms with E-state index in [0.29, 0.717) is 17.5 Å². The molecule has 4 nitrogen and oxygen atoms in total. The summed E-state index contributed by atoms with van der Waals surface area (Å²) in [6.45, 7) is 6.15. The van der Waals surface area contributed by atoms with Crippen LogP contribution in [0.15, 0.2) is 6.20 Å². The topological polar surface area (TPSA) is 55.1 Å². The van der Waals surface area contributed by atoms with Gasteiger partial charge < -0.3 is 5.11 Å². The van der Waals surface area contributed by atoms with Crippen molar-refractivity contribution in [1.29, 1.82) is 0 Å². The molecule has 1 fully saturated rings. The Morgan fingerprint density at radius 1 is 1.50 bits per heavy atom. The van der Waals surface area contributed by atoms with Gasteiger partial charge in [0.1, 0.15) is 5.56 Å². The summed E-state index contributed by atoms with van der Waals surface area (Å²) in [7, 11) is 0. The summed E-state index contributed by atoms with van der Waals surface area (Å²) in [6, 6.07) is 0.325. The highest BCUT2D eigenvalue weighted by molar-refractivity contribution is 5.88. The maximum absolute atomic E-state index is 11.1. The summed E-state index contributed by atoms with van der Waals surface area (Å²) >= 11 is 0. The summed E-state index contributed by atoms with van der Waals surface area (Å²) in [5, 5.41) is 13.4. The van der Waals surface area contributed by atoms with Crippen molar-refractivity contribution in [1.82, 2.24) is 9.78 Å². The van der Waals surface area contributed by atoms with Crippen LogP contribution in [0, 0.1) is 5.92 Å². The third-order valence-corrected chi connectivity index (χ3v) is 3.30. The highest BCUT2D eigenvalue weighted by Gasteiger charge is 2.32. The molecule has 16 heavy (non-hydrogen) atoms. The van der Waals surface area contributed by atoms with Crippen LogP contribution in [-0.2, 0) is 0 Å². The summed E-state index contributed by atoms with van der Waals surface area (Å²) in [6.07, 6.45) is 3.96. The van der Waals surface area contributed by atoms with Crippen molar-refractivity contribution in [2.45, 2.75) is 45.6 Å². The monoisotopic (exact) mass is 222 g/mol. The Labute approximate surface area is 95.3 Å². The molecule has 1 heterocycles. The minimum atomic E-state index is -0.877. The minimum Gasteiger partial charge on any atom is -0.478 e. The number of hydrogen-bond donors (Lipinski definition) is 1. The number of carbonyl (C=O) groups is 1. The largest absolute Gasteiger partial charge is 0.478 e. The molecule has 4 heteroatoms. The van der Waals surface area contributed by atoms with Crippen molar-refractivity contribution in [3.05, 3.63) is 17.5 Å². The van der Waals surface area contributed by atoms with E-state index < -0.39 is 5.97 Å². The lowest BCUT2D eigenvalue weighted by atomic mass is 10.0. The Morgan fingerprint density at radius 3 is 2.56 bits per heavy atom. The molecule has 0 radical (unpaired) electrons. The lowest BCUT2D eigenvalue weighted by Crippen LogP contribution is -2.15. The average Bonchev–Trinajstić information content (AvgIpc) is 2.94. The number of hydrogen-bond acceptors (Lipinski definition) is 2. The van der Waals surface area contributed by atoms with Crippen LogP contribution in [0.5, 0.6) is 0 Å². The van der Waals surface area contributed by atoms with Gasteiger partial charge in [-0.05, 0) is 31.6 Å². The van der Waals surface area contributed by atoms with Crippen LogP contribution in [0.4, 0.5) is 0 Å². The van der Waals surface area contributed by atoms with E-state index in [4.69, 9.17) is 5.11 Å². The van der Waals surface area contributed by atoms with Gasteiger partial charge in [-0.3, -0.25) is 4.68 Å². The van der Waals surface area contributed by atoms with Crippen LogP contribution >= 0.6 is 0 Å². The lowest BCUT2D eigenvalue weighted by Gasteiger charge is -2.17. The van der Waals surface area contributed by atoms with Gasteiger partial charge in [-0.25, -0.2) is 4.79 Å². The van der Waals surface area contributed by atoms with Gasteiger partial charge in [-0.1, -0.05) is 13.8 Å². The second-order valence-electron chi connectivity index (χ2n) is 4.93. The van der Waals surface area contributed by atoms with Gasteiger partial charge in [0, 0.05) is 0 Å². The van der Waals surface area contributed by atoms with Gasteiger partial charge in [0.25, 0.3) is 0 Å². The van der Waals surface area contributed by atoms with Crippen molar-refractivity contribution in [2.75, 3.05) is 0 Å². The van der Waals surface area contributed by atoms with E-state index in [1.807, 2.05) is 18.5 Å². The molecule has 0 aromatic carbocycles. The summed E-state index contributed by atoms with van der Waals surface area (Å²) < 4.78 is 1.91. The number of nitrogens with zero attached hydrogens (tertiary/aromatic N) is 2. The number of aromatic nitrogens is 2. The van der Waals surface area contributed by atoms with Gasteiger partial charge in [0.15, 0.2) is 0 Å². The molecular formula is C12H18N2O2. The predicted molar refractivity (Wildman–Crippen MR) is 60.7 cm³/mol. The van der Waals surface area contributed by atoms with Crippen LogP contribution in [0.1, 0.15) is 61.6 Å². The van der Waals surface area contributed by atoms with Crippen LogP contribution in [0.25, 0.3) is 0 Å². The maximum atomic E-state index is 11.1. The van der Waals surface area contributed by atoms with E-state index in [1.165, 1.54) is 19.0 Å². The third-order valence-electron chi connectivity index (χ3n) is 3.30. The van der Waals surface area contributed by atoms with E-state index in [-0.39, 0.29) is 5.92 Å². The van der Waals surface area contributed by atoms with Crippen LogP contribution in [0.3, 0.4) is 0 Å². The Morgan fingerprint density at radius 2 is 2.12 bits per heavy atom. The summed E-state index contributed by atoms with van der Waals surface area (Å²) in [5.41, 5.74) is 1.20. The van der Waals surface area contributed by atoms with E-state index >= 15 is 0 Å². The molecule has 1 aromatic heterocycles. The first kappa shape index (κ1) is 11.2. The highest BCUT2D eigenvalue weighted by atomic mass is 16.4. The molecule has 2 rings (SSSR count). The molecule has 0 spiro atoms. The van der Waals surface area contributed by atoms with Gasteiger partial charge in [0.05, 0.1) is 17.9 Å². The first-order chi connectivity index (χ1) is 7.52. The lowest BCUT2D eigenvalue weighted by molar-refractivity contribution is 0.0695. The van der Waals surface area contributed by atoms with Gasteiger partial charge >= 0.3 is 5.97 Å². The van der Waals surface area contributed by atoms with E-state index in [2.05, 4.69) is 12.0 Å². The number of aromatic carboxylic acids is 1. The van der Waals surface area contributed by atoms with Crippen molar-refractivity contribution >= 4 is 5.97 Å². The first-order valence-electron chi connectivity index (χ1n) is 5.83. The zero-order valence-corrected chi connectivity index (χ0v) is 9.97. The molecule has 1 unspecified atom stereocenters. The van der Waals surface area contributed by atoms with Crippen molar-refractivity contribution in [3.63, 3.8) is 0 Å². The summed E-state index contributed by atoms with van der Waals surface area (Å²) in [4.78, 5) is 11.1. The SMILES string of the molecule is CC(C)c1c(C(=O)O)cnn1C(C)C1CC1. The first-order valence-corrected chi connectivity index (χ1v) is 5.83.